The second-order valence-corrected chi connectivity index (χ2v) is 11.6. The highest BCUT2D eigenvalue weighted by atomic mass is 32.2. The first kappa shape index (κ1) is 26.9. The number of benzene rings is 3. The summed E-state index contributed by atoms with van der Waals surface area (Å²) in [7, 11) is 0.794. The van der Waals surface area contributed by atoms with Crippen LogP contribution in [0.15, 0.2) is 54.6 Å². The Bertz CT molecular complexity index is 1510. The van der Waals surface area contributed by atoms with Crippen molar-refractivity contribution in [3.8, 4) is 23.0 Å². The Kier molecular flexibility index (Phi) is 7.48. The largest absolute Gasteiger partial charge is 0.493 e. The van der Waals surface area contributed by atoms with Gasteiger partial charge in [-0.3, -0.25) is 4.79 Å². The topological polar surface area (TPSA) is 97.4 Å². The van der Waals surface area contributed by atoms with Crippen LogP contribution in [0.3, 0.4) is 0 Å². The third-order valence-electron chi connectivity index (χ3n) is 6.84. The molecule has 3 aromatic rings. The second kappa shape index (κ2) is 10.8. The number of fused-ring (bicyclic) bond motifs is 6. The zero-order valence-electron chi connectivity index (χ0n) is 21.9. The van der Waals surface area contributed by atoms with Crippen molar-refractivity contribution in [2.24, 2.45) is 0 Å². The van der Waals surface area contributed by atoms with Crippen LogP contribution >= 0.6 is 0 Å². The average Bonchev–Trinajstić information content (AvgIpc) is 2.92. The third-order valence-corrected chi connectivity index (χ3v) is 8.75. The Hall–Kier alpha value is -3.67. The fourth-order valence-corrected chi connectivity index (χ4v) is 6.10. The van der Waals surface area contributed by atoms with E-state index in [0.717, 1.165) is 16.7 Å². The summed E-state index contributed by atoms with van der Waals surface area (Å²) in [5.74, 6) is 0.564. The molecule has 0 spiro atoms. The number of halogens is 1. The van der Waals surface area contributed by atoms with Crippen LogP contribution in [0.1, 0.15) is 39.5 Å². The van der Waals surface area contributed by atoms with Crippen molar-refractivity contribution >= 4 is 16.1 Å². The molecule has 0 radical (unpaired) electrons. The van der Waals surface area contributed by atoms with Gasteiger partial charge in [-0.1, -0.05) is 12.1 Å². The van der Waals surface area contributed by atoms with Crippen molar-refractivity contribution in [2.45, 2.75) is 18.9 Å². The Morgan fingerprint density at radius 1 is 1.08 bits per heavy atom. The van der Waals surface area contributed by atoms with Gasteiger partial charge in [0.25, 0.3) is 16.1 Å². The highest BCUT2D eigenvalue weighted by Gasteiger charge is 2.38. The van der Waals surface area contributed by atoms with Gasteiger partial charge in [0.15, 0.2) is 11.5 Å². The van der Waals surface area contributed by atoms with Gasteiger partial charge >= 0.3 is 0 Å². The van der Waals surface area contributed by atoms with Crippen LogP contribution < -0.4 is 19.5 Å². The van der Waals surface area contributed by atoms with Crippen LogP contribution in [-0.4, -0.2) is 63.8 Å². The Morgan fingerprint density at radius 2 is 1.85 bits per heavy atom. The van der Waals surface area contributed by atoms with Crippen molar-refractivity contribution in [3.63, 3.8) is 0 Å². The lowest BCUT2D eigenvalue weighted by Gasteiger charge is -2.38. The zero-order valence-corrected chi connectivity index (χ0v) is 22.8. The van der Waals surface area contributed by atoms with E-state index < -0.39 is 28.0 Å². The molecular weight excluding hydrogens is 525 g/mol. The normalized spacial score (nSPS) is 18.0. The Balaban J connectivity index is 1.65. The molecule has 0 saturated heterocycles. The number of hydrogen-bond donors (Lipinski definition) is 1. The van der Waals surface area contributed by atoms with Gasteiger partial charge in [0.05, 0.1) is 25.3 Å². The number of nitrogens with zero attached hydrogens (tertiary/aromatic N) is 2. The number of amides is 1. The Labute approximate surface area is 227 Å². The average molecular weight is 556 g/mol. The number of carbonyl (C=O) groups excluding carboxylic acids is 1. The van der Waals surface area contributed by atoms with Gasteiger partial charge in [0, 0.05) is 27.2 Å². The number of carbonyl (C=O) groups is 1. The maximum atomic E-state index is 14.4. The maximum Gasteiger partial charge on any atom is 0.282 e. The molecule has 3 heterocycles. The molecule has 0 saturated carbocycles. The van der Waals surface area contributed by atoms with Crippen LogP contribution in [0.5, 0.6) is 23.0 Å². The predicted molar refractivity (Wildman–Crippen MR) is 143 cm³/mol. The predicted octanol–water partition coefficient (Wildman–Crippen LogP) is 3.89. The number of methoxy groups -OCH3 is 1. The lowest BCUT2D eigenvalue weighted by Crippen LogP contribution is -2.46. The molecular formula is C28H30FN3O6S. The number of hydrogen-bond acceptors (Lipinski definition) is 6. The van der Waals surface area contributed by atoms with Crippen LogP contribution in [-0.2, 0) is 16.6 Å². The molecule has 0 aromatic heterocycles. The molecule has 1 atom stereocenters. The summed E-state index contributed by atoms with van der Waals surface area (Å²) in [4.78, 5) is 12.6. The summed E-state index contributed by atoms with van der Waals surface area (Å²) in [6.45, 7) is 0.758. The van der Waals surface area contributed by atoms with E-state index in [1.807, 2.05) is 18.2 Å². The van der Waals surface area contributed by atoms with Gasteiger partial charge in [0.2, 0.25) is 0 Å². The molecule has 206 valence electrons. The minimum absolute atomic E-state index is 0.119. The second-order valence-electron chi connectivity index (χ2n) is 9.53. The summed E-state index contributed by atoms with van der Waals surface area (Å²) >= 11 is 0. The van der Waals surface area contributed by atoms with Crippen LogP contribution in [0.4, 0.5) is 4.39 Å². The number of ether oxygens (including phenoxy) is 3. The number of rotatable bonds is 3. The van der Waals surface area contributed by atoms with Gasteiger partial charge in [-0.15, -0.1) is 0 Å². The standard InChI is InChI=1S/C28H30FN3O6S/c1-31(2)39(34,35)32-13-11-18-15-20-6-8-22(18)27(32)19-5-10-25(36-3)26(16-19)37-14-4-12-30-28(33)23-17-21(38-20)7-9-24(23)29/h5-10,15-17,27H,4,11-14H2,1-3H3,(H,30,33). The molecule has 1 amide bonds. The van der Waals surface area contributed by atoms with Gasteiger partial charge < -0.3 is 19.5 Å². The minimum atomic E-state index is -3.77. The molecule has 6 rings (SSSR count). The third kappa shape index (κ3) is 5.29. The van der Waals surface area contributed by atoms with Crippen LogP contribution in [0.25, 0.3) is 0 Å². The van der Waals surface area contributed by atoms with E-state index in [-0.39, 0.29) is 25.3 Å². The van der Waals surface area contributed by atoms with Gasteiger partial charge in [0.1, 0.15) is 17.3 Å². The maximum absolute atomic E-state index is 14.4. The van der Waals surface area contributed by atoms with E-state index in [1.54, 1.807) is 18.2 Å². The molecule has 3 aliphatic rings. The molecule has 8 bridgehead atoms. The van der Waals surface area contributed by atoms with Crippen molar-refractivity contribution in [2.75, 3.05) is 40.9 Å². The van der Waals surface area contributed by atoms with E-state index in [9.17, 15) is 17.6 Å². The van der Waals surface area contributed by atoms with Crippen LogP contribution in [0, 0.1) is 5.82 Å². The lowest BCUT2D eigenvalue weighted by atomic mass is 9.89. The van der Waals surface area contributed by atoms with Gasteiger partial charge in [-0.2, -0.15) is 17.0 Å². The smallest absolute Gasteiger partial charge is 0.282 e. The summed E-state index contributed by atoms with van der Waals surface area (Å²) in [6.07, 6.45) is 0.916. The van der Waals surface area contributed by atoms with E-state index in [1.165, 1.54) is 48.0 Å². The zero-order chi connectivity index (χ0) is 27.7. The number of nitrogens with one attached hydrogen (secondary N) is 1. The lowest BCUT2D eigenvalue weighted by molar-refractivity contribution is 0.0947. The summed E-state index contributed by atoms with van der Waals surface area (Å²) in [5.41, 5.74) is 2.34. The van der Waals surface area contributed by atoms with Crippen LogP contribution in [0.2, 0.25) is 0 Å². The first-order chi connectivity index (χ1) is 18.7. The summed E-state index contributed by atoms with van der Waals surface area (Å²) < 4.78 is 61.4. The molecule has 1 unspecified atom stereocenters. The molecule has 3 aliphatic heterocycles. The Morgan fingerprint density at radius 3 is 2.62 bits per heavy atom. The SMILES string of the molecule is COc1ccc2cc1OCCCNC(=O)c1cc(ccc1F)Oc1ccc3c(c1)CCN(S(=O)(=O)N(C)C)C23. The van der Waals surface area contributed by atoms with E-state index in [4.69, 9.17) is 14.2 Å². The fourth-order valence-electron chi connectivity index (χ4n) is 4.85. The molecule has 3 aromatic carbocycles. The van der Waals surface area contributed by atoms with Gasteiger partial charge in [-0.25, -0.2) is 4.39 Å². The molecule has 11 heteroatoms. The van der Waals surface area contributed by atoms with Gasteiger partial charge in [-0.05, 0) is 72.0 Å². The quantitative estimate of drug-likeness (QED) is 0.527. The summed E-state index contributed by atoms with van der Waals surface area (Å²) in [6, 6.07) is 14.2. The fraction of sp³-hybridized carbons (Fsp3) is 0.321. The molecule has 1 N–H and O–H groups in total. The monoisotopic (exact) mass is 555 g/mol. The van der Waals surface area contributed by atoms with E-state index in [2.05, 4.69) is 5.32 Å². The van der Waals surface area contributed by atoms with Crippen molar-refractivity contribution in [1.82, 2.24) is 13.9 Å². The first-order valence-corrected chi connectivity index (χ1v) is 14.0. The molecule has 9 nitrogen and oxygen atoms in total. The molecule has 39 heavy (non-hydrogen) atoms. The highest BCUT2D eigenvalue weighted by Crippen LogP contribution is 2.42. The molecule has 0 fully saturated rings. The van der Waals surface area contributed by atoms with Crippen molar-refractivity contribution < 1.29 is 31.8 Å². The van der Waals surface area contributed by atoms with E-state index in [0.29, 0.717) is 35.8 Å². The summed E-state index contributed by atoms with van der Waals surface area (Å²) in [5, 5.41) is 2.71. The van der Waals surface area contributed by atoms with E-state index >= 15 is 0 Å². The minimum Gasteiger partial charge on any atom is -0.493 e. The van der Waals surface area contributed by atoms with Crippen molar-refractivity contribution in [3.05, 3.63) is 82.7 Å². The highest BCUT2D eigenvalue weighted by molar-refractivity contribution is 7.86. The van der Waals surface area contributed by atoms with Crippen molar-refractivity contribution in [1.29, 1.82) is 0 Å². The first-order valence-electron chi connectivity index (χ1n) is 12.6. The molecule has 0 aliphatic carbocycles.